The molecule has 0 unspecified atom stereocenters. The molecule has 8 heteroatoms. The maximum absolute atomic E-state index is 13.1. The second-order valence-electron chi connectivity index (χ2n) is 6.74. The lowest BCUT2D eigenvalue weighted by Crippen LogP contribution is -2.35. The number of hydrogen-bond acceptors (Lipinski definition) is 3. The molecule has 0 bridgehead atoms. The number of likely N-dealkylation sites (tertiary alicyclic amines) is 1. The van der Waals surface area contributed by atoms with Gasteiger partial charge in [0, 0.05) is 31.0 Å². The normalized spacial score (nSPS) is 18.5. The van der Waals surface area contributed by atoms with Gasteiger partial charge in [-0.3, -0.25) is 4.79 Å². The number of sulfone groups is 1. The van der Waals surface area contributed by atoms with E-state index in [-0.39, 0.29) is 11.9 Å². The van der Waals surface area contributed by atoms with Crippen molar-refractivity contribution in [3.8, 4) is 0 Å². The van der Waals surface area contributed by atoms with Gasteiger partial charge in [0.2, 0.25) is 9.84 Å². The van der Waals surface area contributed by atoms with Gasteiger partial charge < -0.3 is 9.47 Å². The Hall–Kier alpha value is -2.22. The van der Waals surface area contributed by atoms with Crippen LogP contribution in [0, 0.1) is 0 Å². The largest absolute Gasteiger partial charge is 0.353 e. The highest BCUT2D eigenvalue weighted by Crippen LogP contribution is 2.31. The van der Waals surface area contributed by atoms with Crippen LogP contribution in [0.15, 0.2) is 47.5 Å². The Morgan fingerprint density at radius 2 is 1.81 bits per heavy atom. The van der Waals surface area contributed by atoms with Gasteiger partial charge in [-0.1, -0.05) is 12.8 Å². The number of carbonyl (C=O) groups excluding carboxylic acids is 1. The van der Waals surface area contributed by atoms with Gasteiger partial charge in [0.15, 0.2) is 0 Å². The van der Waals surface area contributed by atoms with E-state index in [2.05, 4.69) is 0 Å². The fourth-order valence-corrected chi connectivity index (χ4v) is 4.26. The number of carbonyl (C=O) groups is 1. The van der Waals surface area contributed by atoms with Gasteiger partial charge in [-0.25, -0.2) is 8.42 Å². The number of aryl methyl sites for hydroxylation is 1. The van der Waals surface area contributed by atoms with Crippen LogP contribution >= 0.6 is 0 Å². The van der Waals surface area contributed by atoms with Gasteiger partial charge in [-0.2, -0.15) is 8.78 Å². The lowest BCUT2D eigenvalue weighted by molar-refractivity contribution is 0.0674. The van der Waals surface area contributed by atoms with Crippen molar-refractivity contribution >= 4 is 15.7 Å². The molecule has 0 saturated carbocycles. The maximum atomic E-state index is 13.1. The minimum Gasteiger partial charge on any atom is -0.353 e. The molecule has 2 heterocycles. The predicted octanol–water partition coefficient (Wildman–Crippen LogP) is 3.78. The van der Waals surface area contributed by atoms with Crippen LogP contribution in [-0.2, 0) is 16.9 Å². The van der Waals surface area contributed by atoms with E-state index in [1.165, 1.54) is 12.1 Å². The smallest absolute Gasteiger partial charge is 0.341 e. The molecule has 0 spiro atoms. The molecule has 1 aromatic carbocycles. The first-order valence-corrected chi connectivity index (χ1v) is 10.4. The van der Waals surface area contributed by atoms with Crippen molar-refractivity contribution < 1.29 is 22.0 Å². The summed E-state index contributed by atoms with van der Waals surface area (Å²) in [5, 5.41) is 0. The second kappa shape index (κ2) is 7.80. The number of nitrogens with zero attached hydrogens (tertiary/aromatic N) is 2. The molecule has 27 heavy (non-hydrogen) atoms. The molecule has 0 aliphatic carbocycles. The molecule has 1 atom stereocenters. The summed E-state index contributed by atoms with van der Waals surface area (Å²) in [6.45, 7) is 0.603. The Balaban J connectivity index is 1.89. The Labute approximate surface area is 157 Å². The van der Waals surface area contributed by atoms with Crippen LogP contribution in [-0.4, -0.2) is 36.1 Å². The number of hydrogen-bond donors (Lipinski definition) is 0. The Bertz CT molecular complexity index is 907. The summed E-state index contributed by atoms with van der Waals surface area (Å²) in [5.74, 6) is -3.70. The van der Waals surface area contributed by atoms with Crippen LogP contribution in [0.25, 0.3) is 0 Å². The fraction of sp³-hybridized carbons (Fsp3) is 0.421. The minimum atomic E-state index is -4.66. The van der Waals surface area contributed by atoms with Crippen molar-refractivity contribution in [3.63, 3.8) is 0 Å². The van der Waals surface area contributed by atoms with Crippen LogP contribution in [0.1, 0.15) is 47.8 Å². The van der Waals surface area contributed by atoms with Gasteiger partial charge in [-0.15, -0.1) is 0 Å². The van der Waals surface area contributed by atoms with Crippen molar-refractivity contribution in [2.75, 3.05) is 6.54 Å². The number of alkyl halides is 2. The van der Waals surface area contributed by atoms with Gasteiger partial charge in [0.1, 0.15) is 0 Å². The standard InChI is InChI=1S/C19H22F2N2O3S/c1-22-12-5-7-16(22)17-6-3-2-4-13-23(17)18(24)14-8-10-15(11-9-14)27(25,26)19(20)21/h5,7-12,17,19H,2-4,6,13H2,1H3/t17-/m1/s1. The summed E-state index contributed by atoms with van der Waals surface area (Å²) in [4.78, 5) is 14.4. The molecule has 1 aliphatic heterocycles. The highest BCUT2D eigenvalue weighted by Gasteiger charge is 2.30. The minimum absolute atomic E-state index is 0.0653. The first-order chi connectivity index (χ1) is 12.8. The van der Waals surface area contributed by atoms with E-state index in [0.29, 0.717) is 12.1 Å². The third-order valence-corrected chi connectivity index (χ3v) is 6.40. The van der Waals surface area contributed by atoms with E-state index in [1.807, 2.05) is 29.9 Å². The highest BCUT2D eigenvalue weighted by atomic mass is 32.2. The zero-order valence-corrected chi connectivity index (χ0v) is 15.8. The van der Waals surface area contributed by atoms with Crippen LogP contribution in [0.4, 0.5) is 8.78 Å². The van der Waals surface area contributed by atoms with Crippen LogP contribution in [0.5, 0.6) is 0 Å². The van der Waals surface area contributed by atoms with E-state index >= 15 is 0 Å². The van der Waals surface area contributed by atoms with Gasteiger partial charge in [0.25, 0.3) is 5.91 Å². The van der Waals surface area contributed by atoms with Crippen molar-refractivity contribution in [1.29, 1.82) is 0 Å². The van der Waals surface area contributed by atoms with Crippen molar-refractivity contribution in [2.45, 2.75) is 42.4 Å². The fourth-order valence-electron chi connectivity index (χ4n) is 3.54. The number of amides is 1. The van der Waals surface area contributed by atoms with E-state index in [9.17, 15) is 22.0 Å². The van der Waals surface area contributed by atoms with Crippen molar-refractivity contribution in [3.05, 3.63) is 53.9 Å². The lowest BCUT2D eigenvalue weighted by atomic mass is 10.1. The molecule has 5 nitrogen and oxygen atoms in total. The summed E-state index contributed by atoms with van der Waals surface area (Å²) in [6.07, 6.45) is 5.74. The number of aromatic nitrogens is 1. The van der Waals surface area contributed by atoms with Crippen molar-refractivity contribution in [1.82, 2.24) is 9.47 Å². The first kappa shape index (κ1) is 19.5. The zero-order valence-electron chi connectivity index (χ0n) is 15.0. The first-order valence-electron chi connectivity index (χ1n) is 8.86. The zero-order chi connectivity index (χ0) is 19.6. The summed E-state index contributed by atoms with van der Waals surface area (Å²) in [6, 6.07) is 8.63. The lowest BCUT2D eigenvalue weighted by Gasteiger charge is -2.30. The quantitative estimate of drug-likeness (QED) is 0.790. The van der Waals surface area contributed by atoms with E-state index in [0.717, 1.165) is 43.5 Å². The van der Waals surface area contributed by atoms with E-state index in [4.69, 9.17) is 0 Å². The number of benzene rings is 1. The molecule has 146 valence electrons. The van der Waals surface area contributed by atoms with Gasteiger partial charge in [0.05, 0.1) is 10.9 Å². The Kier molecular flexibility index (Phi) is 5.64. The van der Waals surface area contributed by atoms with E-state index < -0.39 is 20.5 Å². The topological polar surface area (TPSA) is 59.4 Å². The monoisotopic (exact) mass is 396 g/mol. The van der Waals surface area contributed by atoms with E-state index in [1.54, 1.807) is 4.90 Å². The molecule has 0 N–H and O–H groups in total. The summed E-state index contributed by atoms with van der Waals surface area (Å²) < 4.78 is 50.5. The number of halogens is 2. The summed E-state index contributed by atoms with van der Waals surface area (Å²) in [7, 11) is -2.73. The molecule has 1 aliphatic rings. The Morgan fingerprint density at radius 3 is 2.41 bits per heavy atom. The SMILES string of the molecule is Cn1cccc1[C@H]1CCCCCN1C(=O)c1ccc(S(=O)(=O)C(F)F)cc1. The molecule has 1 saturated heterocycles. The molecular weight excluding hydrogens is 374 g/mol. The summed E-state index contributed by atoms with van der Waals surface area (Å²) >= 11 is 0. The average Bonchev–Trinajstić information content (AvgIpc) is 2.92. The van der Waals surface area contributed by atoms with Gasteiger partial charge in [-0.05, 0) is 49.2 Å². The highest BCUT2D eigenvalue weighted by molar-refractivity contribution is 7.91. The molecular formula is C19H22F2N2O3S. The van der Waals surface area contributed by atoms with Crippen molar-refractivity contribution in [2.24, 2.45) is 7.05 Å². The summed E-state index contributed by atoms with van der Waals surface area (Å²) in [5.41, 5.74) is 1.34. The average molecular weight is 396 g/mol. The molecule has 0 radical (unpaired) electrons. The molecule has 1 amide bonds. The number of rotatable bonds is 4. The molecule has 1 aromatic heterocycles. The molecule has 2 aromatic rings. The second-order valence-corrected chi connectivity index (χ2v) is 8.66. The third kappa shape index (κ3) is 3.90. The van der Waals surface area contributed by atoms with Crippen LogP contribution in [0.2, 0.25) is 0 Å². The van der Waals surface area contributed by atoms with Crippen LogP contribution < -0.4 is 0 Å². The van der Waals surface area contributed by atoms with Gasteiger partial charge >= 0.3 is 5.76 Å². The molecule has 3 rings (SSSR count). The Morgan fingerprint density at radius 1 is 1.11 bits per heavy atom. The third-order valence-electron chi connectivity index (χ3n) is 5.00. The predicted molar refractivity (Wildman–Crippen MR) is 97.3 cm³/mol. The molecule has 1 fully saturated rings. The van der Waals surface area contributed by atoms with Crippen LogP contribution in [0.3, 0.4) is 0 Å². The maximum Gasteiger partial charge on any atom is 0.341 e.